The molecule has 90 valence electrons. The lowest BCUT2D eigenvalue weighted by molar-refractivity contribution is 0.448. The van der Waals surface area contributed by atoms with E-state index in [0.717, 1.165) is 6.42 Å². The molecule has 0 aliphatic heterocycles. The zero-order chi connectivity index (χ0) is 11.0. The van der Waals surface area contributed by atoms with Gasteiger partial charge in [0.1, 0.15) is 11.6 Å². The van der Waals surface area contributed by atoms with Gasteiger partial charge in [0.25, 0.3) is 0 Å². The van der Waals surface area contributed by atoms with Gasteiger partial charge < -0.3 is 10.8 Å². The van der Waals surface area contributed by atoms with Gasteiger partial charge in [0.2, 0.25) is 0 Å². The monoisotopic (exact) mass is 309 g/mol. The molecule has 1 aromatic rings. The van der Waals surface area contributed by atoms with E-state index in [1.54, 1.807) is 0 Å². The average Bonchev–Trinajstić information content (AvgIpc) is 2.94. The highest BCUT2D eigenvalue weighted by molar-refractivity contribution is 9.10. The zero-order valence-corrected chi connectivity index (χ0v) is 11.0. The summed E-state index contributed by atoms with van der Waals surface area (Å²) in [6.45, 7) is 0. The second-order valence-corrected chi connectivity index (χ2v) is 4.97. The Morgan fingerprint density at radius 3 is 2.69 bits per heavy atom. The summed E-state index contributed by atoms with van der Waals surface area (Å²) >= 11 is 3.10. The molecule has 3 N–H and O–H groups in total. The molecule has 5 heteroatoms. The van der Waals surface area contributed by atoms with Gasteiger partial charge in [-0.25, -0.2) is 4.39 Å². The Morgan fingerprint density at radius 2 is 2.12 bits per heavy atom. The van der Waals surface area contributed by atoms with Crippen LogP contribution in [0.15, 0.2) is 16.6 Å². The molecule has 2 rings (SSSR count). The third-order valence-corrected chi connectivity index (χ3v) is 3.35. The van der Waals surface area contributed by atoms with Gasteiger partial charge in [-0.15, -0.1) is 12.4 Å². The molecule has 0 bridgehead atoms. The van der Waals surface area contributed by atoms with Crippen molar-refractivity contribution in [3.63, 3.8) is 0 Å². The highest BCUT2D eigenvalue weighted by Crippen LogP contribution is 2.40. The molecule has 16 heavy (non-hydrogen) atoms. The molecule has 0 spiro atoms. The summed E-state index contributed by atoms with van der Waals surface area (Å²) < 4.78 is 13.5. The topological polar surface area (TPSA) is 46.2 Å². The van der Waals surface area contributed by atoms with E-state index in [-0.39, 0.29) is 30.0 Å². The van der Waals surface area contributed by atoms with Crippen LogP contribution in [-0.2, 0) is 0 Å². The molecule has 0 radical (unpaired) electrons. The second-order valence-electron chi connectivity index (χ2n) is 4.11. The maximum atomic E-state index is 13.1. The summed E-state index contributed by atoms with van der Waals surface area (Å²) in [4.78, 5) is 0. The lowest BCUT2D eigenvalue weighted by Crippen LogP contribution is -2.11. The second kappa shape index (κ2) is 5.34. The molecule has 0 saturated heterocycles. The van der Waals surface area contributed by atoms with Crippen molar-refractivity contribution in [1.82, 2.24) is 0 Å². The molecule has 0 amide bonds. The van der Waals surface area contributed by atoms with Crippen LogP contribution in [0.2, 0.25) is 0 Å². The quantitative estimate of drug-likeness (QED) is 0.897. The van der Waals surface area contributed by atoms with Gasteiger partial charge in [0.05, 0.1) is 4.47 Å². The highest BCUT2D eigenvalue weighted by atomic mass is 79.9. The van der Waals surface area contributed by atoms with E-state index in [0.29, 0.717) is 16.0 Å². The normalized spacial score (nSPS) is 16.7. The SMILES string of the molecule is Cl.N[C@@H](CC1CC1)c1cc(F)cc(Br)c1O. The molecule has 1 atom stereocenters. The van der Waals surface area contributed by atoms with Crippen molar-refractivity contribution in [2.75, 3.05) is 0 Å². The number of nitrogens with two attached hydrogens (primary N) is 1. The van der Waals surface area contributed by atoms with Crippen molar-refractivity contribution in [3.05, 3.63) is 28.0 Å². The van der Waals surface area contributed by atoms with Gasteiger partial charge in [0.15, 0.2) is 0 Å². The molecule has 1 saturated carbocycles. The summed E-state index contributed by atoms with van der Waals surface area (Å²) in [6.07, 6.45) is 3.22. The van der Waals surface area contributed by atoms with E-state index in [9.17, 15) is 9.50 Å². The Hall–Kier alpha value is -0.320. The van der Waals surface area contributed by atoms with Crippen molar-refractivity contribution < 1.29 is 9.50 Å². The van der Waals surface area contributed by atoms with Gasteiger partial charge in [0, 0.05) is 11.6 Å². The number of halogens is 3. The van der Waals surface area contributed by atoms with Crippen LogP contribution in [0.3, 0.4) is 0 Å². The van der Waals surface area contributed by atoms with Gasteiger partial charge in [-0.3, -0.25) is 0 Å². The molecule has 0 unspecified atom stereocenters. The third-order valence-electron chi connectivity index (χ3n) is 2.74. The summed E-state index contributed by atoms with van der Waals surface area (Å²) in [5.74, 6) is 0.340. The minimum Gasteiger partial charge on any atom is -0.506 e. The fourth-order valence-electron chi connectivity index (χ4n) is 1.71. The van der Waals surface area contributed by atoms with Crippen LogP contribution < -0.4 is 5.73 Å². The predicted molar refractivity (Wildman–Crippen MR) is 67.3 cm³/mol. The van der Waals surface area contributed by atoms with Crippen LogP contribution in [0.5, 0.6) is 5.75 Å². The van der Waals surface area contributed by atoms with Crippen LogP contribution in [0.4, 0.5) is 4.39 Å². The number of hydrogen-bond donors (Lipinski definition) is 2. The first-order valence-electron chi connectivity index (χ1n) is 5.01. The molecule has 1 fully saturated rings. The molecule has 1 aliphatic carbocycles. The fourth-order valence-corrected chi connectivity index (χ4v) is 2.16. The number of benzene rings is 1. The van der Waals surface area contributed by atoms with Gasteiger partial charge >= 0.3 is 0 Å². The Kier molecular flexibility index (Phi) is 4.59. The number of aromatic hydroxyl groups is 1. The Bertz CT molecular complexity index is 384. The minimum absolute atomic E-state index is 0. The Labute approximate surface area is 109 Å². The predicted octanol–water partition coefficient (Wildman–Crippen LogP) is 3.52. The third kappa shape index (κ3) is 3.09. The first-order chi connectivity index (χ1) is 7.08. The van der Waals surface area contributed by atoms with Crippen molar-refractivity contribution in [1.29, 1.82) is 0 Å². The lowest BCUT2D eigenvalue weighted by atomic mass is 10.0. The number of hydrogen-bond acceptors (Lipinski definition) is 2. The van der Waals surface area contributed by atoms with Crippen LogP contribution in [0.1, 0.15) is 30.9 Å². The van der Waals surface area contributed by atoms with Crippen LogP contribution in [0.25, 0.3) is 0 Å². The molecule has 0 heterocycles. The number of rotatable bonds is 3. The zero-order valence-electron chi connectivity index (χ0n) is 8.62. The fraction of sp³-hybridized carbons (Fsp3) is 0.455. The maximum absolute atomic E-state index is 13.1. The van der Waals surface area contributed by atoms with Gasteiger partial charge in [-0.05, 0) is 40.4 Å². The van der Waals surface area contributed by atoms with E-state index >= 15 is 0 Å². The molecular weight excluding hydrogens is 296 g/mol. The number of phenols is 1. The Balaban J connectivity index is 0.00000128. The summed E-state index contributed by atoms with van der Waals surface area (Å²) in [6, 6.07) is 2.28. The molecule has 2 nitrogen and oxygen atoms in total. The molecule has 0 aromatic heterocycles. The van der Waals surface area contributed by atoms with E-state index in [1.807, 2.05) is 0 Å². The van der Waals surface area contributed by atoms with Crippen LogP contribution in [0, 0.1) is 11.7 Å². The molecular formula is C11H14BrClFNO. The first-order valence-corrected chi connectivity index (χ1v) is 5.80. The maximum Gasteiger partial charge on any atom is 0.134 e. The van der Waals surface area contributed by atoms with Crippen molar-refractivity contribution in [3.8, 4) is 5.75 Å². The van der Waals surface area contributed by atoms with Crippen molar-refractivity contribution in [2.45, 2.75) is 25.3 Å². The van der Waals surface area contributed by atoms with Crippen LogP contribution in [-0.4, -0.2) is 5.11 Å². The van der Waals surface area contributed by atoms with Gasteiger partial charge in [-0.1, -0.05) is 12.8 Å². The van der Waals surface area contributed by atoms with Gasteiger partial charge in [-0.2, -0.15) is 0 Å². The first kappa shape index (κ1) is 13.7. The summed E-state index contributed by atoms with van der Waals surface area (Å²) in [5.41, 5.74) is 6.42. The lowest BCUT2D eigenvalue weighted by Gasteiger charge is -2.14. The van der Waals surface area contributed by atoms with E-state index in [4.69, 9.17) is 5.73 Å². The summed E-state index contributed by atoms with van der Waals surface area (Å²) in [5, 5.41) is 9.73. The molecule has 1 aliphatic rings. The van der Waals surface area contributed by atoms with E-state index in [2.05, 4.69) is 15.9 Å². The van der Waals surface area contributed by atoms with E-state index < -0.39 is 0 Å². The van der Waals surface area contributed by atoms with E-state index in [1.165, 1.54) is 25.0 Å². The summed E-state index contributed by atoms with van der Waals surface area (Å²) in [7, 11) is 0. The van der Waals surface area contributed by atoms with Crippen molar-refractivity contribution >= 4 is 28.3 Å². The van der Waals surface area contributed by atoms with Crippen molar-refractivity contribution in [2.24, 2.45) is 11.7 Å². The average molecular weight is 311 g/mol. The minimum atomic E-state index is -0.374. The van der Waals surface area contributed by atoms with Crippen LogP contribution >= 0.6 is 28.3 Å². The Morgan fingerprint density at radius 1 is 1.50 bits per heavy atom. The number of phenolic OH excluding ortho intramolecular Hbond substituents is 1. The standard InChI is InChI=1S/C11H13BrFNO.ClH/c12-9-5-7(13)4-8(11(9)15)10(14)3-6-1-2-6;/h4-6,10,15H,1-3,14H2;1H/t10-;/m0./s1. The highest BCUT2D eigenvalue weighted by Gasteiger charge is 2.26. The smallest absolute Gasteiger partial charge is 0.134 e. The largest absolute Gasteiger partial charge is 0.506 e. The molecule has 1 aromatic carbocycles.